The smallest absolute Gasteiger partial charge is 0.131 e. The quantitative estimate of drug-likeness (QED) is 0.0887. The first-order valence-corrected chi connectivity index (χ1v) is 17.5. The Kier molecular flexibility index (Phi) is 10.9. The second-order valence-corrected chi connectivity index (χ2v) is 13.5. The molecule has 0 bridgehead atoms. The van der Waals surface area contributed by atoms with Crippen molar-refractivity contribution in [3.05, 3.63) is 148 Å². The molecule has 0 amide bonds. The maximum absolute atomic E-state index is 11.5. The second-order valence-electron chi connectivity index (χ2n) is 13.5. The number of hydrogen-bond acceptors (Lipinski definition) is 5. The van der Waals surface area contributed by atoms with Crippen molar-refractivity contribution in [1.82, 2.24) is 0 Å². The van der Waals surface area contributed by atoms with Crippen LogP contribution in [0, 0.1) is 34.6 Å². The van der Waals surface area contributed by atoms with E-state index < -0.39 is 0 Å². The van der Waals surface area contributed by atoms with E-state index >= 15 is 0 Å². The molecule has 260 valence electrons. The summed E-state index contributed by atoms with van der Waals surface area (Å²) in [6, 6.07) is 35.6. The Balaban J connectivity index is 1.10. The van der Waals surface area contributed by atoms with E-state index in [-0.39, 0.29) is 17.2 Å². The van der Waals surface area contributed by atoms with Crippen molar-refractivity contribution in [3.63, 3.8) is 0 Å². The lowest BCUT2D eigenvalue weighted by Gasteiger charge is -2.17. The number of hydrogen-bond donors (Lipinski definition) is 3. The molecule has 0 radical (unpaired) electrons. The molecule has 0 saturated carbocycles. The highest BCUT2D eigenvalue weighted by molar-refractivity contribution is 5.87. The van der Waals surface area contributed by atoms with Gasteiger partial charge < -0.3 is 24.8 Å². The van der Waals surface area contributed by atoms with Crippen molar-refractivity contribution >= 4 is 0 Å². The molecular formula is C46H46O5. The number of phenols is 3. The Morgan fingerprint density at radius 1 is 0.412 bits per heavy atom. The highest BCUT2D eigenvalue weighted by Gasteiger charge is 2.18. The van der Waals surface area contributed by atoms with Crippen LogP contribution >= 0.6 is 0 Å². The van der Waals surface area contributed by atoms with Gasteiger partial charge in [0.1, 0.15) is 17.2 Å². The molecule has 0 aromatic heterocycles. The van der Waals surface area contributed by atoms with Gasteiger partial charge >= 0.3 is 0 Å². The number of ether oxygens (including phenoxy) is 2. The van der Waals surface area contributed by atoms with Crippen molar-refractivity contribution in [2.75, 3.05) is 13.2 Å². The van der Waals surface area contributed by atoms with Crippen LogP contribution < -0.4 is 0 Å². The maximum atomic E-state index is 11.5. The van der Waals surface area contributed by atoms with Gasteiger partial charge in [-0.05, 0) is 115 Å². The van der Waals surface area contributed by atoms with E-state index in [4.69, 9.17) is 9.47 Å². The van der Waals surface area contributed by atoms with Crippen LogP contribution in [0.25, 0.3) is 44.5 Å². The zero-order chi connectivity index (χ0) is 36.1. The maximum Gasteiger partial charge on any atom is 0.131 e. The lowest BCUT2D eigenvalue weighted by Crippen LogP contribution is -2.03. The molecule has 0 heterocycles. The van der Waals surface area contributed by atoms with Crippen molar-refractivity contribution in [2.45, 2.75) is 54.3 Å². The molecule has 0 unspecified atom stereocenters. The molecule has 0 spiro atoms. The summed E-state index contributed by atoms with van der Waals surface area (Å²) in [5.74, 6) is 0.492. The Hall–Kier alpha value is -5.36. The third-order valence-electron chi connectivity index (χ3n) is 9.42. The summed E-state index contributed by atoms with van der Waals surface area (Å²) in [7, 11) is 0. The average molecular weight is 679 g/mol. The summed E-state index contributed by atoms with van der Waals surface area (Å²) >= 11 is 0. The van der Waals surface area contributed by atoms with Crippen LogP contribution in [0.2, 0.25) is 0 Å². The van der Waals surface area contributed by atoms with Crippen molar-refractivity contribution in [3.8, 4) is 61.8 Å². The van der Waals surface area contributed by atoms with E-state index in [1.54, 1.807) is 12.1 Å². The van der Waals surface area contributed by atoms with Gasteiger partial charge in [0.2, 0.25) is 0 Å². The van der Waals surface area contributed by atoms with Gasteiger partial charge in [-0.15, -0.1) is 0 Å². The van der Waals surface area contributed by atoms with E-state index in [9.17, 15) is 15.3 Å². The summed E-state index contributed by atoms with van der Waals surface area (Å²) in [5.41, 5.74) is 13.8. The lowest BCUT2D eigenvalue weighted by molar-refractivity contribution is 0.0698. The van der Waals surface area contributed by atoms with Gasteiger partial charge in [0.15, 0.2) is 0 Å². The molecule has 6 rings (SSSR count). The van der Waals surface area contributed by atoms with Gasteiger partial charge in [-0.1, -0.05) is 96.1 Å². The highest BCUT2D eigenvalue weighted by atomic mass is 16.5. The molecule has 6 aromatic carbocycles. The summed E-state index contributed by atoms with van der Waals surface area (Å²) in [5, 5.41) is 33.7. The van der Waals surface area contributed by atoms with Gasteiger partial charge in [0, 0.05) is 35.5 Å². The normalized spacial score (nSPS) is 11.2. The van der Waals surface area contributed by atoms with Gasteiger partial charge in [0.25, 0.3) is 0 Å². The second kappa shape index (κ2) is 15.7. The highest BCUT2D eigenvalue weighted by Crippen LogP contribution is 2.44. The first-order valence-electron chi connectivity index (χ1n) is 17.5. The Bertz CT molecular complexity index is 2030. The summed E-state index contributed by atoms with van der Waals surface area (Å²) in [4.78, 5) is 0. The fourth-order valence-electron chi connectivity index (χ4n) is 6.72. The number of aromatic hydroxyl groups is 3. The molecule has 6 aromatic rings. The molecule has 0 saturated heterocycles. The number of rotatable bonds is 12. The van der Waals surface area contributed by atoms with E-state index in [2.05, 4.69) is 39.0 Å². The van der Waals surface area contributed by atoms with Gasteiger partial charge in [-0.2, -0.15) is 0 Å². The molecule has 51 heavy (non-hydrogen) atoms. The molecule has 0 aliphatic heterocycles. The SMILES string of the molecule is Cc1ccc(C)c(-c2cc(C)cc(-c3ccccc3COCCCOCc3ccccc3-c3cc(O)cc(-c4cc(C)ccc4C)c3O)c2O)c1. The van der Waals surface area contributed by atoms with Crippen molar-refractivity contribution < 1.29 is 24.8 Å². The summed E-state index contributed by atoms with van der Waals surface area (Å²) in [6.07, 6.45) is 0.699. The molecule has 0 atom stereocenters. The van der Waals surface area contributed by atoms with Crippen molar-refractivity contribution in [1.29, 1.82) is 0 Å². The predicted molar refractivity (Wildman–Crippen MR) is 207 cm³/mol. The molecular weight excluding hydrogens is 633 g/mol. The van der Waals surface area contributed by atoms with Gasteiger partial charge in [0.05, 0.1) is 13.2 Å². The minimum absolute atomic E-state index is 0.0903. The minimum atomic E-state index is 0.0903. The summed E-state index contributed by atoms with van der Waals surface area (Å²) in [6.45, 7) is 12.0. The number of aryl methyl sites for hydroxylation is 5. The zero-order valence-electron chi connectivity index (χ0n) is 30.1. The predicted octanol–water partition coefficient (Wildman–Crippen LogP) is 11.1. The molecule has 0 aliphatic rings. The van der Waals surface area contributed by atoms with Crippen LogP contribution in [-0.4, -0.2) is 28.5 Å². The number of phenolic OH excluding ortho intramolecular Hbond substituents is 3. The van der Waals surface area contributed by atoms with E-state index in [0.29, 0.717) is 44.0 Å². The molecule has 5 nitrogen and oxygen atoms in total. The standard InChI is InChI=1S/C46H46O5/c1-29-15-17-32(4)39(21-29)42-24-31(3)23-41(45(42)48)37-13-8-6-11-34(37)27-50-19-10-20-51-28-35-12-7-9-14-38(35)43-25-36(47)26-44(46(43)49)40-22-30(2)16-18-33(40)5/h6-9,11-18,21-26,47-49H,10,19-20,27-28H2,1-5H3. The third kappa shape index (κ3) is 8.01. The molecule has 0 aliphatic carbocycles. The fraction of sp³-hybridized carbons (Fsp3) is 0.217. The van der Waals surface area contributed by atoms with Gasteiger partial charge in [-0.3, -0.25) is 0 Å². The monoisotopic (exact) mass is 678 g/mol. The van der Waals surface area contributed by atoms with E-state index in [1.165, 1.54) is 0 Å². The van der Waals surface area contributed by atoms with E-state index in [0.717, 1.165) is 72.3 Å². The van der Waals surface area contributed by atoms with E-state index in [1.807, 2.05) is 92.7 Å². The van der Waals surface area contributed by atoms with Crippen molar-refractivity contribution in [2.24, 2.45) is 0 Å². The van der Waals surface area contributed by atoms with Crippen LogP contribution in [0.1, 0.15) is 45.4 Å². The first kappa shape index (κ1) is 35.5. The zero-order valence-corrected chi connectivity index (χ0v) is 30.1. The Morgan fingerprint density at radius 3 is 1.29 bits per heavy atom. The number of benzene rings is 6. The van der Waals surface area contributed by atoms with Crippen LogP contribution in [0.4, 0.5) is 0 Å². The van der Waals surface area contributed by atoms with Gasteiger partial charge in [-0.25, -0.2) is 0 Å². The molecule has 5 heteroatoms. The van der Waals surface area contributed by atoms with Crippen LogP contribution in [0.15, 0.2) is 109 Å². The summed E-state index contributed by atoms with van der Waals surface area (Å²) < 4.78 is 12.2. The largest absolute Gasteiger partial charge is 0.508 e. The van der Waals surface area contributed by atoms with Crippen LogP contribution in [-0.2, 0) is 22.7 Å². The topological polar surface area (TPSA) is 79.2 Å². The van der Waals surface area contributed by atoms with Crippen LogP contribution in [0.5, 0.6) is 17.2 Å². The first-order chi connectivity index (χ1) is 24.6. The third-order valence-corrected chi connectivity index (χ3v) is 9.42. The minimum Gasteiger partial charge on any atom is -0.508 e. The lowest BCUT2D eigenvalue weighted by atomic mass is 9.90. The average Bonchev–Trinajstić information content (AvgIpc) is 3.12. The van der Waals surface area contributed by atoms with Crippen LogP contribution in [0.3, 0.4) is 0 Å². The Morgan fingerprint density at radius 2 is 0.804 bits per heavy atom. The molecule has 0 fully saturated rings. The molecule has 3 N–H and O–H groups in total. The fourth-order valence-corrected chi connectivity index (χ4v) is 6.72. The Labute approximate surface area is 301 Å².